The quantitative estimate of drug-likeness (QED) is 0.467. The van der Waals surface area contributed by atoms with Gasteiger partial charge in [-0.2, -0.15) is 23.7 Å². The average Bonchev–Trinajstić information content (AvgIpc) is 2.93. The van der Waals surface area contributed by atoms with Crippen molar-refractivity contribution in [2.45, 2.75) is 44.1 Å². The van der Waals surface area contributed by atoms with Crippen LogP contribution in [0.2, 0.25) is 0 Å². The van der Waals surface area contributed by atoms with E-state index in [1.54, 1.807) is 17.0 Å². The van der Waals surface area contributed by atoms with Gasteiger partial charge in [-0.15, -0.1) is 0 Å². The van der Waals surface area contributed by atoms with Crippen LogP contribution in [-0.4, -0.2) is 59.9 Å². The molecular formula is C26H26F3N5O3S. The number of aromatic nitrogens is 1. The number of piperazine rings is 1. The number of alkyl halides is 3. The summed E-state index contributed by atoms with van der Waals surface area (Å²) in [7, 11) is 0. The predicted octanol–water partition coefficient (Wildman–Crippen LogP) is 4.55. The third-order valence-electron chi connectivity index (χ3n) is 6.56. The number of rotatable bonds is 7. The molecule has 1 aliphatic carbocycles. The number of halogens is 3. The van der Waals surface area contributed by atoms with Crippen molar-refractivity contribution in [2.24, 2.45) is 0 Å². The minimum Gasteiger partial charge on any atom is -0.490 e. The first-order valence-electron chi connectivity index (χ1n) is 12.2. The molecule has 2 aliphatic rings. The summed E-state index contributed by atoms with van der Waals surface area (Å²) >= 11 is 1.13. The summed E-state index contributed by atoms with van der Waals surface area (Å²) in [5.41, 5.74) is -0.923. The lowest BCUT2D eigenvalue weighted by atomic mass is 9.95. The third kappa shape index (κ3) is 7.09. The Labute approximate surface area is 223 Å². The molecule has 0 spiro atoms. The first-order chi connectivity index (χ1) is 18.3. The van der Waals surface area contributed by atoms with Crippen molar-refractivity contribution < 1.29 is 26.9 Å². The van der Waals surface area contributed by atoms with Gasteiger partial charge in [-0.25, -0.2) is 4.98 Å². The lowest BCUT2D eigenvalue weighted by Crippen LogP contribution is -2.49. The van der Waals surface area contributed by atoms with E-state index in [0.717, 1.165) is 30.0 Å². The fourth-order valence-electron chi connectivity index (χ4n) is 4.46. The number of carbonyl (C=O) groups excluding carboxylic acids is 1. The first kappa shape index (κ1) is 27.6. The third-order valence-corrected chi connectivity index (χ3v) is 7.33. The van der Waals surface area contributed by atoms with Crippen molar-refractivity contribution in [2.75, 3.05) is 36.8 Å². The molecule has 200 valence electrons. The predicted molar refractivity (Wildman–Crippen MR) is 134 cm³/mol. The van der Waals surface area contributed by atoms with E-state index in [4.69, 9.17) is 19.4 Å². The molecule has 2 heterocycles. The Hall–Kier alpha value is -3.48. The molecule has 2 fully saturated rings. The summed E-state index contributed by atoms with van der Waals surface area (Å²) in [5, 5.41) is 17.8. The number of nitriles is 2. The number of amides is 1. The van der Waals surface area contributed by atoms with Gasteiger partial charge in [0, 0.05) is 44.4 Å². The number of benzene rings is 1. The minimum atomic E-state index is -4.62. The number of nitrogens with zero attached hydrogens (tertiary/aromatic N) is 5. The van der Waals surface area contributed by atoms with Crippen LogP contribution >= 0.6 is 12.0 Å². The monoisotopic (exact) mass is 545 g/mol. The normalized spacial score (nSPS) is 19.9. The van der Waals surface area contributed by atoms with Crippen LogP contribution < -0.4 is 9.64 Å². The van der Waals surface area contributed by atoms with Gasteiger partial charge in [0.2, 0.25) is 5.91 Å². The van der Waals surface area contributed by atoms with Gasteiger partial charge < -0.3 is 18.7 Å². The Kier molecular flexibility index (Phi) is 8.97. The van der Waals surface area contributed by atoms with Gasteiger partial charge in [0.1, 0.15) is 17.6 Å². The summed E-state index contributed by atoms with van der Waals surface area (Å²) in [6.45, 7) is 2.47. The van der Waals surface area contributed by atoms with Crippen molar-refractivity contribution >= 4 is 23.8 Å². The molecule has 0 radical (unpaired) electrons. The minimum absolute atomic E-state index is 0.000687. The van der Waals surface area contributed by atoms with Crippen LogP contribution in [0.15, 0.2) is 36.5 Å². The van der Waals surface area contributed by atoms with E-state index in [0.29, 0.717) is 57.4 Å². The number of anilines is 1. The van der Waals surface area contributed by atoms with E-state index < -0.39 is 17.3 Å². The maximum atomic E-state index is 13.2. The molecule has 1 saturated heterocycles. The van der Waals surface area contributed by atoms with Gasteiger partial charge in [0.25, 0.3) is 0 Å². The summed E-state index contributed by atoms with van der Waals surface area (Å²) < 4.78 is 51.1. The summed E-state index contributed by atoms with van der Waals surface area (Å²) in [6.07, 6.45) is -0.805. The smallest absolute Gasteiger partial charge is 0.417 e. The highest BCUT2D eigenvalue weighted by molar-refractivity contribution is 7.95. The van der Waals surface area contributed by atoms with E-state index in [1.807, 2.05) is 12.1 Å². The van der Waals surface area contributed by atoms with Crippen LogP contribution in [0.4, 0.5) is 19.0 Å². The molecule has 2 aromatic rings. The van der Waals surface area contributed by atoms with Crippen LogP contribution in [0.25, 0.3) is 0 Å². The zero-order valence-electron chi connectivity index (χ0n) is 20.5. The van der Waals surface area contributed by atoms with Gasteiger partial charge in [0.15, 0.2) is 0 Å². The van der Waals surface area contributed by atoms with Gasteiger partial charge >= 0.3 is 6.18 Å². The average molecular weight is 546 g/mol. The zero-order valence-corrected chi connectivity index (χ0v) is 21.3. The fraction of sp³-hybridized carbons (Fsp3) is 0.462. The molecule has 0 N–H and O–H groups in total. The molecule has 8 nitrogen and oxygen atoms in total. The van der Waals surface area contributed by atoms with Crippen molar-refractivity contribution in [3.05, 3.63) is 53.2 Å². The molecule has 1 amide bonds. The molecule has 0 bridgehead atoms. The Bertz CT molecular complexity index is 1200. The summed E-state index contributed by atoms with van der Waals surface area (Å²) in [4.78, 5) is 20.8. The number of pyridine rings is 1. The van der Waals surface area contributed by atoms with Crippen LogP contribution in [-0.2, 0) is 15.2 Å². The molecule has 1 aliphatic heterocycles. The van der Waals surface area contributed by atoms with Gasteiger partial charge in [-0.1, -0.05) is 0 Å². The van der Waals surface area contributed by atoms with Crippen molar-refractivity contribution in [1.82, 2.24) is 9.88 Å². The highest BCUT2D eigenvalue weighted by Gasteiger charge is 2.34. The molecular weight excluding hydrogens is 519 g/mol. The molecule has 0 atom stereocenters. The van der Waals surface area contributed by atoms with Crippen molar-refractivity contribution in [3.8, 4) is 17.9 Å². The molecule has 0 unspecified atom stereocenters. The topological polar surface area (TPSA) is 102 Å². The number of hydrogen-bond acceptors (Lipinski definition) is 8. The maximum absolute atomic E-state index is 13.2. The largest absolute Gasteiger partial charge is 0.490 e. The standard InChI is InChI=1S/C26H26F3N5O3S/c27-26(28,29)23-13-22(3-2-19(23)15-31)36-20-4-6-21(7-5-20)37-38-17-25(35)34-11-9-33(10-12-34)24-8-1-18(14-30)16-32-24/h1-3,8,13,16,20-21H,4-7,9-12,17H2. The molecule has 1 aromatic heterocycles. The zero-order chi connectivity index (χ0) is 27.1. The van der Waals surface area contributed by atoms with Gasteiger partial charge in [0.05, 0.1) is 40.7 Å². The lowest BCUT2D eigenvalue weighted by molar-refractivity contribution is -0.138. The number of hydrogen-bond donors (Lipinski definition) is 0. The Balaban J connectivity index is 1.15. The van der Waals surface area contributed by atoms with Crippen LogP contribution in [0.5, 0.6) is 5.75 Å². The maximum Gasteiger partial charge on any atom is 0.417 e. The molecule has 4 rings (SSSR count). The van der Waals surface area contributed by atoms with Crippen molar-refractivity contribution in [3.63, 3.8) is 0 Å². The Morgan fingerprint density at radius 1 is 1.03 bits per heavy atom. The molecule has 38 heavy (non-hydrogen) atoms. The van der Waals surface area contributed by atoms with E-state index in [9.17, 15) is 18.0 Å². The van der Waals surface area contributed by atoms with Gasteiger partial charge in [-0.05, 0) is 56.0 Å². The Morgan fingerprint density at radius 2 is 1.74 bits per heavy atom. The first-order valence-corrected chi connectivity index (χ1v) is 13.1. The SMILES string of the molecule is N#Cc1ccc(N2CCN(C(=O)CSOC3CCC(Oc4ccc(C#N)c(C(F)(F)F)c4)CC3)CC2)nc1. The highest BCUT2D eigenvalue weighted by Crippen LogP contribution is 2.35. The summed E-state index contributed by atoms with van der Waals surface area (Å²) in [5.74, 6) is 1.08. The molecule has 12 heteroatoms. The molecule has 1 aromatic carbocycles. The summed E-state index contributed by atoms with van der Waals surface area (Å²) in [6, 6.07) is 10.5. The highest BCUT2D eigenvalue weighted by atomic mass is 32.2. The second-order valence-electron chi connectivity index (χ2n) is 9.08. The fourth-order valence-corrected chi connectivity index (χ4v) is 5.20. The number of carbonyl (C=O) groups is 1. The second-order valence-corrected chi connectivity index (χ2v) is 9.79. The van der Waals surface area contributed by atoms with Gasteiger partial charge in [-0.3, -0.25) is 4.79 Å². The van der Waals surface area contributed by atoms with Crippen LogP contribution in [0, 0.1) is 22.7 Å². The van der Waals surface area contributed by atoms with Crippen molar-refractivity contribution in [1.29, 1.82) is 10.5 Å². The van der Waals surface area contributed by atoms with E-state index in [-0.39, 0.29) is 29.6 Å². The molecule has 1 saturated carbocycles. The van der Waals surface area contributed by atoms with E-state index in [1.165, 1.54) is 12.3 Å². The van der Waals surface area contributed by atoms with E-state index in [2.05, 4.69) is 9.88 Å². The van der Waals surface area contributed by atoms with Crippen LogP contribution in [0.1, 0.15) is 42.4 Å². The van der Waals surface area contributed by atoms with Crippen LogP contribution in [0.3, 0.4) is 0 Å². The van der Waals surface area contributed by atoms with E-state index >= 15 is 0 Å². The lowest BCUT2D eigenvalue weighted by Gasteiger charge is -2.35. The Morgan fingerprint density at radius 3 is 2.34 bits per heavy atom. The second kappa shape index (κ2) is 12.4. The number of ether oxygens (including phenoxy) is 1.